The van der Waals surface area contributed by atoms with Crippen molar-refractivity contribution in [3.05, 3.63) is 28.2 Å². The number of nitrogens with two attached hydrogens (primary N) is 1. The highest BCUT2D eigenvalue weighted by molar-refractivity contribution is 9.10. The maximum atomic E-state index is 5.76. The lowest BCUT2D eigenvalue weighted by Crippen LogP contribution is -2.17. The van der Waals surface area contributed by atoms with Gasteiger partial charge in [0.15, 0.2) is 0 Å². The van der Waals surface area contributed by atoms with Gasteiger partial charge >= 0.3 is 0 Å². The van der Waals surface area contributed by atoms with Crippen LogP contribution in [0.5, 0.6) is 5.75 Å². The monoisotopic (exact) mass is 285 g/mol. The lowest BCUT2D eigenvalue weighted by Gasteiger charge is -2.10. The highest BCUT2D eigenvalue weighted by atomic mass is 79.9. The summed E-state index contributed by atoms with van der Waals surface area (Å²) in [7, 11) is 0. The third-order valence-corrected chi connectivity index (χ3v) is 2.93. The van der Waals surface area contributed by atoms with Crippen molar-refractivity contribution in [1.29, 1.82) is 0 Å². The Balaban J connectivity index is 2.60. The highest BCUT2D eigenvalue weighted by Gasteiger charge is 2.04. The van der Waals surface area contributed by atoms with E-state index in [1.54, 1.807) is 0 Å². The number of benzene rings is 1. The summed E-state index contributed by atoms with van der Waals surface area (Å²) in [4.78, 5) is 0. The molecular weight excluding hydrogens is 266 g/mol. The van der Waals surface area contributed by atoms with Crippen LogP contribution in [0, 0.1) is 0 Å². The Kier molecular flexibility index (Phi) is 5.85. The normalized spacial score (nSPS) is 12.5. The first-order chi connectivity index (χ1) is 7.63. The van der Waals surface area contributed by atoms with Gasteiger partial charge in [0.1, 0.15) is 5.75 Å². The van der Waals surface area contributed by atoms with Crippen LogP contribution in [0.3, 0.4) is 0 Å². The van der Waals surface area contributed by atoms with E-state index in [4.69, 9.17) is 10.5 Å². The van der Waals surface area contributed by atoms with E-state index in [0.717, 1.165) is 36.1 Å². The summed E-state index contributed by atoms with van der Waals surface area (Å²) in [6.07, 6.45) is 3.14. The number of rotatable bonds is 6. The molecule has 90 valence electrons. The molecule has 0 spiro atoms. The van der Waals surface area contributed by atoms with Crippen molar-refractivity contribution >= 4 is 15.9 Å². The maximum Gasteiger partial charge on any atom is 0.133 e. The summed E-state index contributed by atoms with van der Waals surface area (Å²) < 4.78 is 6.67. The van der Waals surface area contributed by atoms with Gasteiger partial charge in [-0.05, 0) is 53.4 Å². The van der Waals surface area contributed by atoms with Gasteiger partial charge in [0.2, 0.25) is 0 Å². The Morgan fingerprint density at radius 1 is 1.44 bits per heavy atom. The van der Waals surface area contributed by atoms with Crippen LogP contribution in [-0.2, 0) is 6.42 Å². The molecule has 1 aromatic rings. The molecule has 0 radical (unpaired) electrons. The summed E-state index contributed by atoms with van der Waals surface area (Å²) in [6, 6.07) is 6.37. The van der Waals surface area contributed by atoms with E-state index in [2.05, 4.69) is 35.0 Å². The molecule has 0 amide bonds. The van der Waals surface area contributed by atoms with E-state index in [1.807, 2.05) is 13.0 Å². The molecule has 0 aliphatic carbocycles. The molecule has 2 nitrogen and oxygen atoms in total. The molecule has 0 aliphatic rings. The minimum atomic E-state index is 0.193. The van der Waals surface area contributed by atoms with Crippen LogP contribution in [0.4, 0.5) is 0 Å². The van der Waals surface area contributed by atoms with Gasteiger partial charge in [0.05, 0.1) is 11.1 Å². The largest absolute Gasteiger partial charge is 0.492 e. The van der Waals surface area contributed by atoms with E-state index in [0.29, 0.717) is 0 Å². The molecule has 0 aromatic heterocycles. The minimum Gasteiger partial charge on any atom is -0.492 e. The molecule has 0 bridgehead atoms. The van der Waals surface area contributed by atoms with Crippen molar-refractivity contribution in [2.45, 2.75) is 39.2 Å². The third kappa shape index (κ3) is 4.54. The van der Waals surface area contributed by atoms with Crippen molar-refractivity contribution in [2.24, 2.45) is 5.73 Å². The highest BCUT2D eigenvalue weighted by Crippen LogP contribution is 2.26. The molecule has 1 rings (SSSR count). The van der Waals surface area contributed by atoms with E-state index >= 15 is 0 Å². The van der Waals surface area contributed by atoms with Crippen LogP contribution in [0.2, 0.25) is 0 Å². The summed E-state index contributed by atoms with van der Waals surface area (Å²) >= 11 is 3.52. The zero-order valence-corrected chi connectivity index (χ0v) is 11.6. The van der Waals surface area contributed by atoms with Crippen LogP contribution >= 0.6 is 15.9 Å². The van der Waals surface area contributed by atoms with E-state index in [9.17, 15) is 0 Å². The van der Waals surface area contributed by atoms with Gasteiger partial charge in [-0.3, -0.25) is 0 Å². The van der Waals surface area contributed by atoms with E-state index < -0.39 is 0 Å². The molecule has 0 fully saturated rings. The Labute approximate surface area is 106 Å². The van der Waals surface area contributed by atoms with E-state index in [1.165, 1.54) is 5.56 Å². The first kappa shape index (κ1) is 13.5. The van der Waals surface area contributed by atoms with Gasteiger partial charge in [-0.15, -0.1) is 0 Å². The zero-order chi connectivity index (χ0) is 12.0. The van der Waals surface area contributed by atoms with Gasteiger partial charge in [-0.2, -0.15) is 0 Å². The summed E-state index contributed by atoms with van der Waals surface area (Å²) in [5.41, 5.74) is 7.00. The van der Waals surface area contributed by atoms with Crippen molar-refractivity contribution in [3.63, 3.8) is 0 Å². The van der Waals surface area contributed by atoms with Crippen molar-refractivity contribution in [3.8, 4) is 5.75 Å². The maximum absolute atomic E-state index is 5.76. The lowest BCUT2D eigenvalue weighted by molar-refractivity contribution is 0.307. The fourth-order valence-corrected chi connectivity index (χ4v) is 2.03. The first-order valence-corrected chi connectivity index (χ1v) is 6.59. The minimum absolute atomic E-state index is 0.193. The Bertz CT molecular complexity index is 326. The molecule has 0 saturated carbocycles. The number of hydrogen-bond donors (Lipinski definition) is 1. The molecule has 0 saturated heterocycles. The van der Waals surface area contributed by atoms with Gasteiger partial charge in [0, 0.05) is 6.04 Å². The van der Waals surface area contributed by atoms with Crippen LogP contribution < -0.4 is 10.5 Å². The molecule has 1 atom stereocenters. The number of hydrogen-bond acceptors (Lipinski definition) is 2. The second-order valence-electron chi connectivity index (χ2n) is 4.15. The number of ether oxygens (including phenoxy) is 1. The quantitative estimate of drug-likeness (QED) is 0.812. The molecular formula is C13H20BrNO. The fraction of sp³-hybridized carbons (Fsp3) is 0.538. The van der Waals surface area contributed by atoms with Crippen LogP contribution in [0.1, 0.15) is 32.3 Å². The molecule has 16 heavy (non-hydrogen) atoms. The summed E-state index contributed by atoms with van der Waals surface area (Å²) in [5, 5.41) is 0. The lowest BCUT2D eigenvalue weighted by atomic mass is 10.1. The topological polar surface area (TPSA) is 35.2 Å². The third-order valence-electron chi connectivity index (χ3n) is 2.31. The van der Waals surface area contributed by atoms with Gasteiger partial charge in [-0.25, -0.2) is 0 Å². The fourth-order valence-electron chi connectivity index (χ4n) is 1.49. The zero-order valence-electron chi connectivity index (χ0n) is 10.0. The van der Waals surface area contributed by atoms with Crippen molar-refractivity contribution in [1.82, 2.24) is 0 Å². The SMILES string of the molecule is CCCCOc1ccc(CC(C)N)cc1Br. The number of halogens is 1. The van der Waals surface area contributed by atoms with Crippen molar-refractivity contribution < 1.29 is 4.74 Å². The van der Waals surface area contributed by atoms with Crippen molar-refractivity contribution in [2.75, 3.05) is 6.61 Å². The summed E-state index contributed by atoms with van der Waals surface area (Å²) in [6.45, 7) is 4.95. The first-order valence-electron chi connectivity index (χ1n) is 5.80. The molecule has 1 aromatic carbocycles. The molecule has 0 aliphatic heterocycles. The van der Waals surface area contributed by atoms with Crippen LogP contribution in [0.25, 0.3) is 0 Å². The predicted molar refractivity (Wildman–Crippen MR) is 71.9 cm³/mol. The molecule has 0 heterocycles. The number of unbranched alkanes of at least 4 members (excludes halogenated alkanes) is 1. The average Bonchev–Trinajstić information content (AvgIpc) is 2.20. The van der Waals surface area contributed by atoms with Gasteiger partial charge in [-0.1, -0.05) is 19.4 Å². The van der Waals surface area contributed by atoms with Crippen LogP contribution in [0.15, 0.2) is 22.7 Å². The predicted octanol–water partition coefficient (Wildman–Crippen LogP) is 3.52. The second-order valence-corrected chi connectivity index (χ2v) is 5.00. The molecule has 2 N–H and O–H groups in total. The van der Waals surface area contributed by atoms with Crippen LogP contribution in [-0.4, -0.2) is 12.6 Å². The average molecular weight is 286 g/mol. The Morgan fingerprint density at radius 2 is 2.19 bits per heavy atom. The van der Waals surface area contributed by atoms with Gasteiger partial charge < -0.3 is 10.5 Å². The van der Waals surface area contributed by atoms with Gasteiger partial charge in [0.25, 0.3) is 0 Å². The Hall–Kier alpha value is -0.540. The molecule has 1 unspecified atom stereocenters. The standard InChI is InChI=1S/C13H20BrNO/c1-3-4-7-16-13-6-5-11(8-10(2)15)9-12(13)14/h5-6,9-10H,3-4,7-8,15H2,1-2H3. The smallest absolute Gasteiger partial charge is 0.133 e. The summed E-state index contributed by atoms with van der Waals surface area (Å²) in [5.74, 6) is 0.918. The molecule has 3 heteroatoms. The van der Waals surface area contributed by atoms with E-state index in [-0.39, 0.29) is 6.04 Å². The second kappa shape index (κ2) is 6.92. The Morgan fingerprint density at radius 3 is 2.75 bits per heavy atom.